The highest BCUT2D eigenvalue weighted by Gasteiger charge is 2.17. The summed E-state index contributed by atoms with van der Waals surface area (Å²) in [6, 6.07) is 8.62. The molecule has 1 unspecified atom stereocenters. The minimum Gasteiger partial charge on any atom is -0.496 e. The molecular formula is C15H23NO. The lowest BCUT2D eigenvalue weighted by molar-refractivity contribution is 0.288. The van der Waals surface area contributed by atoms with Crippen LogP contribution in [0.4, 0.5) is 0 Å². The molecule has 0 aliphatic heterocycles. The molecule has 0 saturated heterocycles. The van der Waals surface area contributed by atoms with E-state index in [0.29, 0.717) is 6.04 Å². The molecule has 0 spiro atoms. The van der Waals surface area contributed by atoms with Crippen LogP contribution in [0.2, 0.25) is 0 Å². The van der Waals surface area contributed by atoms with E-state index in [0.717, 1.165) is 18.2 Å². The molecule has 1 atom stereocenters. The van der Waals surface area contributed by atoms with Crippen LogP contribution in [0.3, 0.4) is 0 Å². The maximum atomic E-state index is 5.39. The Morgan fingerprint density at radius 1 is 1.35 bits per heavy atom. The second-order valence-electron chi connectivity index (χ2n) is 5.00. The Kier molecular flexibility index (Phi) is 4.43. The van der Waals surface area contributed by atoms with Gasteiger partial charge in [0.25, 0.3) is 0 Å². The number of methoxy groups -OCH3 is 1. The second-order valence-corrected chi connectivity index (χ2v) is 5.00. The Bertz CT molecular complexity index is 347. The van der Waals surface area contributed by atoms with Crippen molar-refractivity contribution in [3.8, 4) is 5.75 Å². The van der Waals surface area contributed by atoms with Crippen molar-refractivity contribution in [2.75, 3.05) is 13.7 Å². The number of rotatable bonds is 6. The highest BCUT2D eigenvalue weighted by molar-refractivity contribution is 5.35. The molecule has 0 bridgehead atoms. The molecule has 17 heavy (non-hydrogen) atoms. The number of hydrogen-bond acceptors (Lipinski definition) is 2. The number of nitrogens with one attached hydrogen (secondary N) is 1. The molecule has 2 nitrogen and oxygen atoms in total. The maximum Gasteiger partial charge on any atom is 0.123 e. The molecule has 1 aromatic rings. The third-order valence-electron chi connectivity index (χ3n) is 3.83. The SMILES string of the molecule is COc1ccccc1C(C)NCCC1CCC1. The lowest BCUT2D eigenvalue weighted by atomic mass is 9.83. The zero-order chi connectivity index (χ0) is 12.1. The van der Waals surface area contributed by atoms with Crippen LogP contribution in [-0.4, -0.2) is 13.7 Å². The van der Waals surface area contributed by atoms with Gasteiger partial charge < -0.3 is 10.1 Å². The molecule has 0 amide bonds. The third-order valence-corrected chi connectivity index (χ3v) is 3.83. The first-order valence-corrected chi connectivity index (χ1v) is 6.67. The molecule has 0 radical (unpaired) electrons. The van der Waals surface area contributed by atoms with Gasteiger partial charge in [0.15, 0.2) is 0 Å². The van der Waals surface area contributed by atoms with Crippen molar-refractivity contribution in [1.29, 1.82) is 0 Å². The molecular weight excluding hydrogens is 210 g/mol. The largest absolute Gasteiger partial charge is 0.496 e. The summed E-state index contributed by atoms with van der Waals surface area (Å²) in [4.78, 5) is 0. The topological polar surface area (TPSA) is 21.3 Å². The van der Waals surface area contributed by atoms with Gasteiger partial charge in [0.05, 0.1) is 7.11 Å². The van der Waals surface area contributed by atoms with Crippen molar-refractivity contribution in [3.05, 3.63) is 29.8 Å². The zero-order valence-corrected chi connectivity index (χ0v) is 10.9. The minimum absolute atomic E-state index is 0.367. The molecule has 2 heteroatoms. The van der Waals surface area contributed by atoms with Crippen molar-refractivity contribution in [3.63, 3.8) is 0 Å². The summed E-state index contributed by atoms with van der Waals surface area (Å²) in [5.41, 5.74) is 1.25. The van der Waals surface area contributed by atoms with E-state index in [1.165, 1.54) is 31.2 Å². The predicted molar refractivity (Wildman–Crippen MR) is 71.4 cm³/mol. The zero-order valence-electron chi connectivity index (χ0n) is 10.9. The fourth-order valence-corrected chi connectivity index (χ4v) is 2.42. The molecule has 1 aliphatic rings. The van der Waals surface area contributed by atoms with Crippen molar-refractivity contribution >= 4 is 0 Å². The van der Waals surface area contributed by atoms with E-state index >= 15 is 0 Å². The molecule has 2 rings (SSSR count). The van der Waals surface area contributed by atoms with Gasteiger partial charge in [-0.25, -0.2) is 0 Å². The first-order chi connectivity index (χ1) is 8.31. The third kappa shape index (κ3) is 3.22. The molecule has 1 N–H and O–H groups in total. The summed E-state index contributed by atoms with van der Waals surface area (Å²) in [5, 5.41) is 3.59. The van der Waals surface area contributed by atoms with Crippen molar-refractivity contribution in [2.24, 2.45) is 5.92 Å². The second kappa shape index (κ2) is 6.06. The Labute approximate surface area is 104 Å². The van der Waals surface area contributed by atoms with E-state index in [-0.39, 0.29) is 0 Å². The number of para-hydroxylation sites is 1. The Balaban J connectivity index is 1.82. The number of benzene rings is 1. The Morgan fingerprint density at radius 3 is 2.76 bits per heavy atom. The highest BCUT2D eigenvalue weighted by Crippen LogP contribution is 2.29. The van der Waals surface area contributed by atoms with E-state index in [1.807, 2.05) is 12.1 Å². The van der Waals surface area contributed by atoms with E-state index in [9.17, 15) is 0 Å². The number of ether oxygens (including phenoxy) is 1. The maximum absolute atomic E-state index is 5.39. The van der Waals surface area contributed by atoms with Crippen LogP contribution in [0.5, 0.6) is 5.75 Å². The lowest BCUT2D eigenvalue weighted by Crippen LogP contribution is -2.24. The standard InChI is InChI=1S/C15H23NO/c1-12(16-11-10-13-6-5-7-13)14-8-3-4-9-15(14)17-2/h3-4,8-9,12-13,16H,5-7,10-11H2,1-2H3. The van der Waals surface area contributed by atoms with Crippen LogP contribution >= 0.6 is 0 Å². The summed E-state index contributed by atoms with van der Waals surface area (Å²) in [6.45, 7) is 3.32. The van der Waals surface area contributed by atoms with Gasteiger partial charge in [0, 0.05) is 11.6 Å². The average Bonchev–Trinajstić information content (AvgIpc) is 2.32. The fraction of sp³-hybridized carbons (Fsp3) is 0.600. The van der Waals surface area contributed by atoms with Crippen molar-refractivity contribution < 1.29 is 4.74 Å². The van der Waals surface area contributed by atoms with Gasteiger partial charge in [0.1, 0.15) is 5.75 Å². The lowest BCUT2D eigenvalue weighted by Gasteiger charge is -2.26. The quantitative estimate of drug-likeness (QED) is 0.811. The van der Waals surface area contributed by atoms with Gasteiger partial charge in [-0.15, -0.1) is 0 Å². The molecule has 1 aromatic carbocycles. The first kappa shape index (κ1) is 12.4. The Hall–Kier alpha value is -1.02. The average molecular weight is 233 g/mol. The summed E-state index contributed by atoms with van der Waals surface area (Å²) in [6.07, 6.45) is 5.63. The van der Waals surface area contributed by atoms with Gasteiger partial charge in [-0.05, 0) is 31.9 Å². The Morgan fingerprint density at radius 2 is 2.12 bits per heavy atom. The van der Waals surface area contributed by atoms with Gasteiger partial charge in [-0.2, -0.15) is 0 Å². The van der Waals surface area contributed by atoms with Crippen LogP contribution in [0.1, 0.15) is 44.2 Å². The summed E-state index contributed by atoms with van der Waals surface area (Å²) in [5.74, 6) is 1.96. The van der Waals surface area contributed by atoms with Crippen LogP contribution in [0, 0.1) is 5.92 Å². The normalized spacial score (nSPS) is 17.5. The van der Waals surface area contributed by atoms with Gasteiger partial charge in [-0.3, -0.25) is 0 Å². The van der Waals surface area contributed by atoms with Crippen LogP contribution in [0.25, 0.3) is 0 Å². The first-order valence-electron chi connectivity index (χ1n) is 6.67. The van der Waals surface area contributed by atoms with Crippen molar-refractivity contribution in [2.45, 2.75) is 38.6 Å². The fourth-order valence-electron chi connectivity index (χ4n) is 2.42. The van der Waals surface area contributed by atoms with E-state index in [4.69, 9.17) is 4.74 Å². The molecule has 94 valence electrons. The summed E-state index contributed by atoms with van der Waals surface area (Å²) < 4.78 is 5.39. The summed E-state index contributed by atoms with van der Waals surface area (Å²) >= 11 is 0. The van der Waals surface area contributed by atoms with E-state index in [2.05, 4.69) is 24.4 Å². The predicted octanol–water partition coefficient (Wildman–Crippen LogP) is 3.54. The smallest absolute Gasteiger partial charge is 0.123 e. The molecule has 0 aromatic heterocycles. The molecule has 1 saturated carbocycles. The number of hydrogen-bond donors (Lipinski definition) is 1. The van der Waals surface area contributed by atoms with Crippen LogP contribution in [-0.2, 0) is 0 Å². The highest BCUT2D eigenvalue weighted by atomic mass is 16.5. The van der Waals surface area contributed by atoms with Gasteiger partial charge in [0.2, 0.25) is 0 Å². The molecule has 1 fully saturated rings. The van der Waals surface area contributed by atoms with Crippen LogP contribution in [0.15, 0.2) is 24.3 Å². The summed E-state index contributed by atoms with van der Waals surface area (Å²) in [7, 11) is 1.74. The van der Waals surface area contributed by atoms with Gasteiger partial charge in [-0.1, -0.05) is 37.5 Å². The van der Waals surface area contributed by atoms with E-state index < -0.39 is 0 Å². The molecule has 0 heterocycles. The molecule has 1 aliphatic carbocycles. The van der Waals surface area contributed by atoms with Crippen molar-refractivity contribution in [1.82, 2.24) is 5.32 Å². The van der Waals surface area contributed by atoms with Crippen LogP contribution < -0.4 is 10.1 Å². The van der Waals surface area contributed by atoms with E-state index in [1.54, 1.807) is 7.11 Å². The van der Waals surface area contributed by atoms with Gasteiger partial charge >= 0.3 is 0 Å². The monoisotopic (exact) mass is 233 g/mol. The minimum atomic E-state index is 0.367.